The Morgan fingerprint density at radius 1 is 1.12 bits per heavy atom. The fourth-order valence-electron chi connectivity index (χ4n) is 3.34. The number of amides is 2. The standard InChI is InChI=1S/C18H25ClN4O2/c19-14-4-6-15(7-5-14)22-9-11-23(12-10-22)17(24)13-21-18(25)16-3-1-2-8-20-16/h4-7,16,20H,1-3,8-13H2,(H,21,25)/t16-/m1/s1. The first-order valence-corrected chi connectivity index (χ1v) is 9.30. The van der Waals surface area contributed by atoms with Gasteiger partial charge in [-0.3, -0.25) is 9.59 Å². The van der Waals surface area contributed by atoms with Gasteiger partial charge >= 0.3 is 0 Å². The number of piperidine rings is 1. The lowest BCUT2D eigenvalue weighted by molar-refractivity contribution is -0.133. The Balaban J connectivity index is 1.42. The third kappa shape index (κ3) is 4.86. The highest BCUT2D eigenvalue weighted by Gasteiger charge is 2.24. The number of anilines is 1. The van der Waals surface area contributed by atoms with Gasteiger partial charge in [-0.2, -0.15) is 0 Å². The van der Waals surface area contributed by atoms with Crippen LogP contribution >= 0.6 is 11.6 Å². The summed E-state index contributed by atoms with van der Waals surface area (Å²) in [7, 11) is 0. The van der Waals surface area contributed by atoms with Crippen LogP contribution in [-0.2, 0) is 9.59 Å². The van der Waals surface area contributed by atoms with Crippen molar-refractivity contribution in [2.75, 3.05) is 44.2 Å². The molecule has 2 aliphatic heterocycles. The predicted molar refractivity (Wildman–Crippen MR) is 98.9 cm³/mol. The van der Waals surface area contributed by atoms with Gasteiger partial charge in [-0.1, -0.05) is 18.0 Å². The van der Waals surface area contributed by atoms with Gasteiger partial charge < -0.3 is 20.4 Å². The molecule has 2 saturated heterocycles. The van der Waals surface area contributed by atoms with Gasteiger partial charge in [-0.25, -0.2) is 0 Å². The number of benzene rings is 1. The molecule has 1 aromatic rings. The Bertz CT molecular complexity index is 594. The molecule has 0 unspecified atom stereocenters. The summed E-state index contributed by atoms with van der Waals surface area (Å²) < 4.78 is 0. The second kappa shape index (κ2) is 8.54. The van der Waals surface area contributed by atoms with Crippen LogP contribution in [0.2, 0.25) is 5.02 Å². The number of halogens is 1. The quantitative estimate of drug-likeness (QED) is 0.844. The van der Waals surface area contributed by atoms with Crippen LogP contribution in [0, 0.1) is 0 Å². The van der Waals surface area contributed by atoms with E-state index < -0.39 is 0 Å². The number of carbonyl (C=O) groups is 2. The second-order valence-electron chi connectivity index (χ2n) is 6.56. The average Bonchev–Trinajstić information content (AvgIpc) is 2.67. The van der Waals surface area contributed by atoms with Crippen LogP contribution in [0.3, 0.4) is 0 Å². The second-order valence-corrected chi connectivity index (χ2v) is 7.00. The molecule has 2 aliphatic rings. The van der Waals surface area contributed by atoms with Gasteiger partial charge in [0.05, 0.1) is 12.6 Å². The van der Waals surface area contributed by atoms with Crippen LogP contribution in [0.25, 0.3) is 0 Å². The Labute approximate surface area is 153 Å². The van der Waals surface area contributed by atoms with Crippen molar-refractivity contribution in [1.82, 2.24) is 15.5 Å². The molecule has 2 N–H and O–H groups in total. The van der Waals surface area contributed by atoms with E-state index in [1.54, 1.807) is 0 Å². The summed E-state index contributed by atoms with van der Waals surface area (Å²) in [6, 6.07) is 7.60. The molecule has 136 valence electrons. The van der Waals surface area contributed by atoms with E-state index in [-0.39, 0.29) is 24.4 Å². The summed E-state index contributed by atoms with van der Waals surface area (Å²) in [6.45, 7) is 3.85. The van der Waals surface area contributed by atoms with Crippen LogP contribution in [-0.4, -0.2) is 62.0 Å². The van der Waals surface area contributed by atoms with Crippen molar-refractivity contribution in [2.45, 2.75) is 25.3 Å². The van der Waals surface area contributed by atoms with E-state index in [1.807, 2.05) is 29.2 Å². The Morgan fingerprint density at radius 2 is 1.84 bits per heavy atom. The Kier molecular flexibility index (Phi) is 6.15. The highest BCUT2D eigenvalue weighted by Crippen LogP contribution is 2.19. The maximum Gasteiger partial charge on any atom is 0.242 e. The number of hydrogen-bond acceptors (Lipinski definition) is 4. The zero-order valence-electron chi connectivity index (χ0n) is 14.3. The lowest BCUT2D eigenvalue weighted by atomic mass is 10.0. The minimum absolute atomic E-state index is 0.0140. The van der Waals surface area contributed by atoms with Gasteiger partial charge in [0.2, 0.25) is 11.8 Å². The monoisotopic (exact) mass is 364 g/mol. The van der Waals surface area contributed by atoms with Crippen molar-refractivity contribution < 1.29 is 9.59 Å². The fourth-order valence-corrected chi connectivity index (χ4v) is 3.47. The van der Waals surface area contributed by atoms with E-state index in [2.05, 4.69) is 15.5 Å². The molecular formula is C18H25ClN4O2. The van der Waals surface area contributed by atoms with Gasteiger partial charge in [-0.05, 0) is 43.7 Å². The van der Waals surface area contributed by atoms with Gasteiger partial charge in [0.15, 0.2) is 0 Å². The lowest BCUT2D eigenvalue weighted by Gasteiger charge is -2.36. The number of rotatable bonds is 4. The molecule has 6 nitrogen and oxygen atoms in total. The third-order valence-electron chi connectivity index (χ3n) is 4.86. The molecule has 0 bridgehead atoms. The van der Waals surface area contributed by atoms with E-state index in [9.17, 15) is 9.59 Å². The van der Waals surface area contributed by atoms with Crippen LogP contribution < -0.4 is 15.5 Å². The SMILES string of the molecule is O=C(NCC(=O)N1CCN(c2ccc(Cl)cc2)CC1)[C@H]1CCCCN1. The molecule has 1 atom stereocenters. The molecule has 0 aliphatic carbocycles. The minimum atomic E-state index is -0.150. The maximum atomic E-state index is 12.3. The Hall–Kier alpha value is -1.79. The van der Waals surface area contributed by atoms with Crippen LogP contribution in [0.5, 0.6) is 0 Å². The summed E-state index contributed by atoms with van der Waals surface area (Å²) in [5, 5.41) is 6.70. The number of carbonyl (C=O) groups excluding carboxylic acids is 2. The van der Waals surface area contributed by atoms with Gasteiger partial charge in [0.1, 0.15) is 0 Å². The van der Waals surface area contributed by atoms with Gasteiger partial charge in [0.25, 0.3) is 0 Å². The highest BCUT2D eigenvalue weighted by molar-refractivity contribution is 6.30. The summed E-state index contributed by atoms with van der Waals surface area (Å²) in [6.07, 6.45) is 3.02. The van der Waals surface area contributed by atoms with E-state index in [0.29, 0.717) is 13.1 Å². The van der Waals surface area contributed by atoms with Crippen molar-refractivity contribution in [3.63, 3.8) is 0 Å². The topological polar surface area (TPSA) is 64.7 Å². The molecule has 7 heteroatoms. The van der Waals surface area contributed by atoms with Gasteiger partial charge in [0, 0.05) is 36.9 Å². The Morgan fingerprint density at radius 3 is 2.48 bits per heavy atom. The molecular weight excluding hydrogens is 340 g/mol. The third-order valence-corrected chi connectivity index (χ3v) is 5.12. The minimum Gasteiger partial charge on any atom is -0.368 e. The van der Waals surface area contributed by atoms with Crippen molar-refractivity contribution >= 4 is 29.1 Å². The predicted octanol–water partition coefficient (Wildman–Crippen LogP) is 1.25. The smallest absolute Gasteiger partial charge is 0.242 e. The van der Waals surface area contributed by atoms with Crippen molar-refractivity contribution in [3.05, 3.63) is 29.3 Å². The van der Waals surface area contributed by atoms with Gasteiger partial charge in [-0.15, -0.1) is 0 Å². The maximum absolute atomic E-state index is 12.3. The molecule has 2 fully saturated rings. The van der Waals surface area contributed by atoms with E-state index in [4.69, 9.17) is 11.6 Å². The van der Waals surface area contributed by atoms with Crippen LogP contribution in [0.15, 0.2) is 24.3 Å². The average molecular weight is 365 g/mol. The summed E-state index contributed by atoms with van der Waals surface area (Å²) in [5.74, 6) is -0.0761. The highest BCUT2D eigenvalue weighted by atomic mass is 35.5. The summed E-state index contributed by atoms with van der Waals surface area (Å²) >= 11 is 5.92. The van der Waals surface area contributed by atoms with Crippen molar-refractivity contribution in [1.29, 1.82) is 0 Å². The van der Waals surface area contributed by atoms with Crippen molar-refractivity contribution in [3.8, 4) is 0 Å². The molecule has 1 aromatic carbocycles. The summed E-state index contributed by atoms with van der Waals surface area (Å²) in [5.41, 5.74) is 1.12. The number of hydrogen-bond donors (Lipinski definition) is 2. The molecule has 0 spiro atoms. The van der Waals surface area contributed by atoms with Crippen LogP contribution in [0.4, 0.5) is 5.69 Å². The van der Waals surface area contributed by atoms with E-state index in [0.717, 1.165) is 49.6 Å². The zero-order valence-corrected chi connectivity index (χ0v) is 15.1. The largest absolute Gasteiger partial charge is 0.368 e. The first-order valence-electron chi connectivity index (χ1n) is 8.93. The molecule has 2 amide bonds. The first-order chi connectivity index (χ1) is 12.1. The zero-order chi connectivity index (χ0) is 17.6. The first kappa shape index (κ1) is 18.0. The molecule has 0 aromatic heterocycles. The van der Waals surface area contributed by atoms with E-state index >= 15 is 0 Å². The number of nitrogens with one attached hydrogen (secondary N) is 2. The van der Waals surface area contributed by atoms with E-state index in [1.165, 1.54) is 0 Å². The lowest BCUT2D eigenvalue weighted by Crippen LogP contribution is -2.53. The molecule has 2 heterocycles. The number of piperazine rings is 1. The number of nitrogens with zero attached hydrogens (tertiary/aromatic N) is 2. The summed E-state index contributed by atoms with van der Waals surface area (Å²) in [4.78, 5) is 28.5. The fraction of sp³-hybridized carbons (Fsp3) is 0.556. The molecule has 0 radical (unpaired) electrons. The molecule has 3 rings (SSSR count). The van der Waals surface area contributed by atoms with Crippen LogP contribution in [0.1, 0.15) is 19.3 Å². The van der Waals surface area contributed by atoms with Crippen molar-refractivity contribution in [2.24, 2.45) is 0 Å². The molecule has 0 saturated carbocycles. The molecule has 25 heavy (non-hydrogen) atoms. The normalized spacial score (nSPS) is 21.1.